The van der Waals surface area contributed by atoms with Crippen LogP contribution in [0.1, 0.15) is 34.5 Å². The molecule has 0 aliphatic heterocycles. The third kappa shape index (κ3) is 3.64. The maximum absolute atomic E-state index is 13.0. The number of aromatic nitrogens is 3. The molecule has 1 amide bonds. The normalized spacial score (nSPS) is 13.3. The van der Waals surface area contributed by atoms with Gasteiger partial charge in [0.25, 0.3) is 11.5 Å². The maximum Gasteiger partial charge on any atom is 0.352 e. The molecule has 28 heavy (non-hydrogen) atoms. The average Bonchev–Trinajstić information content (AvgIpc) is 3.50. The van der Waals surface area contributed by atoms with Crippen molar-refractivity contribution in [2.75, 3.05) is 0 Å². The molecule has 7 heteroatoms. The second-order valence-electron chi connectivity index (χ2n) is 7.01. The predicted molar refractivity (Wildman–Crippen MR) is 105 cm³/mol. The minimum Gasteiger partial charge on any atom is -0.348 e. The summed E-state index contributed by atoms with van der Waals surface area (Å²) in [5.41, 5.74) is 0.697. The van der Waals surface area contributed by atoms with Crippen LogP contribution in [0.2, 0.25) is 0 Å². The molecule has 0 spiro atoms. The Morgan fingerprint density at radius 2 is 1.86 bits per heavy atom. The van der Waals surface area contributed by atoms with Crippen molar-refractivity contribution in [3.63, 3.8) is 0 Å². The number of rotatable bonds is 5. The first kappa shape index (κ1) is 17.9. The third-order valence-electron chi connectivity index (χ3n) is 4.62. The van der Waals surface area contributed by atoms with Crippen LogP contribution >= 0.6 is 0 Å². The summed E-state index contributed by atoms with van der Waals surface area (Å²) in [7, 11) is 0. The van der Waals surface area contributed by atoms with E-state index in [0.717, 1.165) is 33.2 Å². The molecule has 2 aromatic carbocycles. The topological polar surface area (TPSA) is 86.0 Å². The highest BCUT2D eigenvalue weighted by Gasteiger charge is 2.27. The summed E-state index contributed by atoms with van der Waals surface area (Å²) in [5.74, 6) is -0.546. The van der Waals surface area contributed by atoms with E-state index in [1.807, 2.05) is 43.3 Å². The largest absolute Gasteiger partial charge is 0.352 e. The van der Waals surface area contributed by atoms with Gasteiger partial charge in [0.1, 0.15) is 0 Å². The number of nitrogens with zero attached hydrogens (tertiary/aromatic N) is 3. The highest BCUT2D eigenvalue weighted by Crippen LogP contribution is 2.18. The zero-order valence-corrected chi connectivity index (χ0v) is 15.5. The highest BCUT2D eigenvalue weighted by molar-refractivity contribution is 5.92. The van der Waals surface area contributed by atoms with Gasteiger partial charge in [-0.05, 0) is 43.0 Å². The van der Waals surface area contributed by atoms with Crippen molar-refractivity contribution in [3.8, 4) is 5.69 Å². The van der Waals surface area contributed by atoms with Crippen LogP contribution in [0.25, 0.3) is 5.69 Å². The molecule has 0 unspecified atom stereocenters. The summed E-state index contributed by atoms with van der Waals surface area (Å²) in [6.45, 7) is 1.96. The van der Waals surface area contributed by atoms with Gasteiger partial charge in [0, 0.05) is 6.04 Å². The SMILES string of the molecule is Cc1cccc(-n2nc(C(=O)NC3CC3)c(=O)n(Cc3ccccc3)c2=O)c1. The Morgan fingerprint density at radius 3 is 2.54 bits per heavy atom. The van der Waals surface area contributed by atoms with Crippen LogP contribution < -0.4 is 16.6 Å². The molecular formula is C21H20N4O3. The lowest BCUT2D eigenvalue weighted by Crippen LogP contribution is -2.46. The Kier molecular flexibility index (Phi) is 4.65. The van der Waals surface area contributed by atoms with Gasteiger partial charge in [-0.1, -0.05) is 42.5 Å². The van der Waals surface area contributed by atoms with E-state index in [9.17, 15) is 14.4 Å². The van der Waals surface area contributed by atoms with E-state index in [2.05, 4.69) is 10.4 Å². The van der Waals surface area contributed by atoms with Crippen LogP contribution in [-0.2, 0) is 6.54 Å². The Hall–Kier alpha value is -3.48. The molecule has 1 aromatic heterocycles. The van der Waals surface area contributed by atoms with E-state index in [1.165, 1.54) is 0 Å². The van der Waals surface area contributed by atoms with Crippen molar-refractivity contribution in [2.24, 2.45) is 0 Å². The minimum atomic E-state index is -0.684. The Labute approximate surface area is 161 Å². The van der Waals surface area contributed by atoms with Crippen molar-refractivity contribution in [2.45, 2.75) is 32.4 Å². The molecule has 0 atom stereocenters. The number of aryl methyl sites for hydroxylation is 1. The van der Waals surface area contributed by atoms with Crippen LogP contribution in [0.5, 0.6) is 0 Å². The Morgan fingerprint density at radius 1 is 1.11 bits per heavy atom. The molecule has 0 saturated heterocycles. The molecule has 1 saturated carbocycles. The summed E-state index contributed by atoms with van der Waals surface area (Å²) in [4.78, 5) is 38.5. The number of benzene rings is 2. The van der Waals surface area contributed by atoms with Crippen molar-refractivity contribution < 1.29 is 4.79 Å². The van der Waals surface area contributed by atoms with Gasteiger partial charge in [0.2, 0.25) is 5.69 Å². The summed E-state index contributed by atoms with van der Waals surface area (Å²) in [6.07, 6.45) is 1.78. The lowest BCUT2D eigenvalue weighted by atomic mass is 10.2. The van der Waals surface area contributed by atoms with E-state index < -0.39 is 17.2 Å². The number of amides is 1. The lowest BCUT2D eigenvalue weighted by Gasteiger charge is -2.12. The average molecular weight is 376 g/mol. The minimum absolute atomic E-state index is 0.0660. The molecular weight excluding hydrogens is 356 g/mol. The van der Waals surface area contributed by atoms with E-state index in [-0.39, 0.29) is 18.3 Å². The van der Waals surface area contributed by atoms with Gasteiger partial charge in [0.05, 0.1) is 12.2 Å². The van der Waals surface area contributed by atoms with Crippen molar-refractivity contribution >= 4 is 5.91 Å². The van der Waals surface area contributed by atoms with E-state index >= 15 is 0 Å². The van der Waals surface area contributed by atoms with Gasteiger partial charge < -0.3 is 5.32 Å². The summed E-state index contributed by atoms with van der Waals surface area (Å²) < 4.78 is 2.19. The first-order valence-corrected chi connectivity index (χ1v) is 9.19. The van der Waals surface area contributed by atoms with Crippen LogP contribution in [0.3, 0.4) is 0 Å². The fourth-order valence-corrected chi connectivity index (χ4v) is 2.97. The second-order valence-corrected chi connectivity index (χ2v) is 7.01. The fraction of sp³-hybridized carbons (Fsp3) is 0.238. The molecule has 1 fully saturated rings. The first-order chi connectivity index (χ1) is 13.5. The number of nitrogens with one attached hydrogen (secondary N) is 1. The molecule has 1 aliphatic rings. The zero-order chi connectivity index (χ0) is 19.7. The Balaban J connectivity index is 1.88. The zero-order valence-electron chi connectivity index (χ0n) is 15.5. The molecule has 1 N–H and O–H groups in total. The lowest BCUT2D eigenvalue weighted by molar-refractivity contribution is 0.0941. The van der Waals surface area contributed by atoms with Gasteiger partial charge in [-0.15, -0.1) is 0 Å². The van der Waals surface area contributed by atoms with Gasteiger partial charge in [-0.25, -0.2) is 4.79 Å². The molecule has 4 rings (SSSR count). The number of hydrogen-bond donors (Lipinski definition) is 1. The summed E-state index contributed by atoms with van der Waals surface area (Å²) >= 11 is 0. The van der Waals surface area contributed by atoms with Crippen LogP contribution in [0, 0.1) is 6.92 Å². The van der Waals surface area contributed by atoms with E-state index in [4.69, 9.17) is 0 Å². The summed E-state index contributed by atoms with van der Waals surface area (Å²) in [6, 6.07) is 16.5. The number of hydrogen-bond acceptors (Lipinski definition) is 4. The molecule has 3 aromatic rings. The van der Waals surface area contributed by atoms with E-state index in [0.29, 0.717) is 5.69 Å². The van der Waals surface area contributed by atoms with Crippen LogP contribution in [0.4, 0.5) is 0 Å². The smallest absolute Gasteiger partial charge is 0.348 e. The molecule has 0 radical (unpaired) electrons. The summed E-state index contributed by atoms with van der Waals surface area (Å²) in [5, 5.41) is 6.91. The molecule has 0 bridgehead atoms. The molecule has 7 nitrogen and oxygen atoms in total. The van der Waals surface area contributed by atoms with Crippen molar-refractivity contribution in [1.29, 1.82) is 0 Å². The monoisotopic (exact) mass is 376 g/mol. The third-order valence-corrected chi connectivity index (χ3v) is 4.62. The molecule has 1 aliphatic carbocycles. The van der Waals surface area contributed by atoms with Crippen LogP contribution in [-0.4, -0.2) is 26.3 Å². The molecule has 1 heterocycles. The van der Waals surface area contributed by atoms with Gasteiger partial charge in [0.15, 0.2) is 0 Å². The van der Waals surface area contributed by atoms with Crippen molar-refractivity contribution in [3.05, 3.63) is 92.3 Å². The van der Waals surface area contributed by atoms with Crippen molar-refractivity contribution in [1.82, 2.24) is 19.7 Å². The molecule has 142 valence electrons. The second kappa shape index (κ2) is 7.26. The number of carbonyl (C=O) groups is 1. The first-order valence-electron chi connectivity index (χ1n) is 9.19. The predicted octanol–water partition coefficient (Wildman–Crippen LogP) is 1.64. The standard InChI is InChI=1S/C21H20N4O3/c1-14-6-5-9-17(12-14)25-21(28)24(13-15-7-3-2-4-8-15)20(27)18(23-25)19(26)22-16-10-11-16/h2-9,12,16H,10-11,13H2,1H3,(H,22,26). The maximum atomic E-state index is 13.0. The van der Waals surface area contributed by atoms with Crippen LogP contribution in [0.15, 0.2) is 64.2 Å². The fourth-order valence-electron chi connectivity index (χ4n) is 2.97. The quantitative estimate of drug-likeness (QED) is 0.734. The van der Waals surface area contributed by atoms with Gasteiger partial charge >= 0.3 is 5.69 Å². The van der Waals surface area contributed by atoms with Gasteiger partial charge in [-0.3, -0.25) is 14.2 Å². The van der Waals surface area contributed by atoms with E-state index in [1.54, 1.807) is 18.2 Å². The van der Waals surface area contributed by atoms with Gasteiger partial charge in [-0.2, -0.15) is 9.78 Å². The Bertz CT molecular complexity index is 1140. The number of carbonyl (C=O) groups excluding carboxylic acids is 1. The highest BCUT2D eigenvalue weighted by atomic mass is 16.2.